The Kier molecular flexibility index (Phi) is 5.20. The minimum atomic E-state index is 0.877. The van der Waals surface area contributed by atoms with Gasteiger partial charge in [-0.1, -0.05) is 13.8 Å². The van der Waals surface area contributed by atoms with Crippen LogP contribution in [0.5, 0.6) is 0 Å². The van der Waals surface area contributed by atoms with E-state index in [0.29, 0.717) is 0 Å². The van der Waals surface area contributed by atoms with E-state index in [1.165, 1.54) is 31.6 Å². The first kappa shape index (κ1) is 13.6. The van der Waals surface area contributed by atoms with Gasteiger partial charge in [0.05, 0.1) is 5.69 Å². The normalized spacial score (nSPS) is 15.5. The molecule has 0 saturated heterocycles. The van der Waals surface area contributed by atoms with Gasteiger partial charge in [-0.05, 0) is 31.9 Å². The molecule has 2 rings (SSSR count). The number of rotatable bonds is 9. The van der Waals surface area contributed by atoms with Crippen LogP contribution in [-0.2, 0) is 13.1 Å². The molecule has 0 aliphatic heterocycles. The summed E-state index contributed by atoms with van der Waals surface area (Å²) >= 11 is 0. The number of hydrogen-bond donors (Lipinski definition) is 1. The third kappa shape index (κ3) is 3.82. The van der Waals surface area contributed by atoms with E-state index in [1.807, 2.05) is 6.20 Å². The third-order valence-electron chi connectivity index (χ3n) is 3.59. The van der Waals surface area contributed by atoms with Crippen molar-refractivity contribution in [1.82, 2.24) is 20.0 Å². The molecule has 0 unspecified atom stereocenters. The van der Waals surface area contributed by atoms with Crippen molar-refractivity contribution in [1.29, 1.82) is 0 Å². The maximum atomic E-state index is 4.34. The molecule has 1 aromatic rings. The molecule has 1 saturated carbocycles. The van der Waals surface area contributed by atoms with Crippen LogP contribution in [0.4, 0.5) is 0 Å². The van der Waals surface area contributed by atoms with Crippen LogP contribution in [0.1, 0.15) is 38.8 Å². The quantitative estimate of drug-likeness (QED) is 0.679. The first-order valence-electron chi connectivity index (χ1n) is 7.30. The Morgan fingerprint density at radius 1 is 1.44 bits per heavy atom. The van der Waals surface area contributed by atoms with E-state index in [9.17, 15) is 0 Å². The van der Waals surface area contributed by atoms with Crippen molar-refractivity contribution in [3.05, 3.63) is 18.0 Å². The van der Waals surface area contributed by atoms with Crippen molar-refractivity contribution in [2.75, 3.05) is 19.6 Å². The summed E-state index contributed by atoms with van der Waals surface area (Å²) in [4.78, 5) is 2.58. The van der Waals surface area contributed by atoms with Crippen LogP contribution in [0.3, 0.4) is 0 Å². The van der Waals surface area contributed by atoms with Gasteiger partial charge in [-0.2, -0.15) is 5.10 Å². The minimum Gasteiger partial charge on any atom is -0.310 e. The first-order valence-corrected chi connectivity index (χ1v) is 7.30. The fourth-order valence-corrected chi connectivity index (χ4v) is 2.40. The zero-order chi connectivity index (χ0) is 12.8. The highest BCUT2D eigenvalue weighted by Gasteiger charge is 2.26. The number of aromatic nitrogens is 2. The van der Waals surface area contributed by atoms with Gasteiger partial charge in [0.2, 0.25) is 0 Å². The molecule has 1 aliphatic carbocycles. The van der Waals surface area contributed by atoms with Crippen LogP contribution < -0.4 is 5.32 Å². The van der Waals surface area contributed by atoms with E-state index in [1.54, 1.807) is 0 Å². The molecular formula is C14H26N4. The smallest absolute Gasteiger partial charge is 0.0522 e. The van der Waals surface area contributed by atoms with E-state index in [-0.39, 0.29) is 0 Å². The summed E-state index contributed by atoms with van der Waals surface area (Å²) in [6, 6.07) is 2.99. The predicted molar refractivity (Wildman–Crippen MR) is 74.5 cm³/mol. The van der Waals surface area contributed by atoms with Crippen molar-refractivity contribution >= 4 is 0 Å². The highest BCUT2D eigenvalue weighted by molar-refractivity contribution is 5.00. The maximum absolute atomic E-state index is 4.34. The van der Waals surface area contributed by atoms with Crippen LogP contribution in [-0.4, -0.2) is 40.4 Å². The van der Waals surface area contributed by atoms with E-state index >= 15 is 0 Å². The Morgan fingerprint density at radius 3 is 2.94 bits per heavy atom. The molecular weight excluding hydrogens is 224 g/mol. The fourth-order valence-electron chi connectivity index (χ4n) is 2.40. The second-order valence-corrected chi connectivity index (χ2v) is 5.08. The van der Waals surface area contributed by atoms with Crippen molar-refractivity contribution < 1.29 is 0 Å². The molecule has 1 aromatic heterocycles. The van der Waals surface area contributed by atoms with E-state index in [4.69, 9.17) is 0 Å². The summed E-state index contributed by atoms with van der Waals surface area (Å²) in [5.74, 6) is 0. The minimum absolute atomic E-state index is 0.877. The van der Waals surface area contributed by atoms with Crippen LogP contribution in [0, 0.1) is 0 Å². The van der Waals surface area contributed by atoms with Crippen molar-refractivity contribution in [2.45, 2.75) is 52.2 Å². The Balaban J connectivity index is 1.66. The van der Waals surface area contributed by atoms with Gasteiger partial charge >= 0.3 is 0 Å². The van der Waals surface area contributed by atoms with Crippen LogP contribution >= 0.6 is 0 Å². The second-order valence-electron chi connectivity index (χ2n) is 5.08. The molecule has 4 heteroatoms. The monoisotopic (exact) mass is 250 g/mol. The van der Waals surface area contributed by atoms with E-state index < -0.39 is 0 Å². The molecule has 4 nitrogen and oxygen atoms in total. The lowest BCUT2D eigenvalue weighted by Crippen LogP contribution is -2.33. The van der Waals surface area contributed by atoms with Crippen molar-refractivity contribution in [3.8, 4) is 0 Å². The van der Waals surface area contributed by atoms with Crippen molar-refractivity contribution in [2.24, 2.45) is 0 Å². The molecule has 1 fully saturated rings. The van der Waals surface area contributed by atoms with E-state index in [0.717, 1.165) is 32.1 Å². The van der Waals surface area contributed by atoms with Gasteiger partial charge < -0.3 is 5.32 Å². The predicted octanol–water partition coefficient (Wildman–Crippen LogP) is 1.87. The number of nitrogens with one attached hydrogen (secondary N) is 1. The number of likely N-dealkylation sites (N-methyl/N-ethyl adjacent to an activating group) is 1. The summed E-state index contributed by atoms with van der Waals surface area (Å²) in [6.45, 7) is 9.82. The Morgan fingerprint density at radius 2 is 2.28 bits per heavy atom. The standard InChI is InChI=1S/C14H26N4/c1-3-10-18-14(7-8-16-18)12-15-9-11-17(4-2)13-5-6-13/h7-8,13,15H,3-6,9-12H2,1-2H3. The van der Waals surface area contributed by atoms with Gasteiger partial charge in [0, 0.05) is 38.4 Å². The van der Waals surface area contributed by atoms with Gasteiger partial charge in [0.1, 0.15) is 0 Å². The van der Waals surface area contributed by atoms with Crippen LogP contribution in [0.2, 0.25) is 0 Å². The zero-order valence-corrected chi connectivity index (χ0v) is 11.7. The molecule has 1 aliphatic rings. The maximum Gasteiger partial charge on any atom is 0.0522 e. The first-order chi connectivity index (χ1) is 8.85. The lowest BCUT2D eigenvalue weighted by molar-refractivity contribution is 0.276. The third-order valence-corrected chi connectivity index (χ3v) is 3.59. The largest absolute Gasteiger partial charge is 0.310 e. The molecule has 18 heavy (non-hydrogen) atoms. The van der Waals surface area contributed by atoms with Gasteiger partial charge in [-0.3, -0.25) is 9.58 Å². The molecule has 0 spiro atoms. The number of hydrogen-bond acceptors (Lipinski definition) is 3. The Hall–Kier alpha value is -0.870. The summed E-state index contributed by atoms with van der Waals surface area (Å²) < 4.78 is 2.10. The fraction of sp³-hybridized carbons (Fsp3) is 0.786. The highest BCUT2D eigenvalue weighted by atomic mass is 15.3. The molecule has 0 aromatic carbocycles. The molecule has 102 valence electrons. The Labute approximate surface area is 110 Å². The average molecular weight is 250 g/mol. The molecule has 0 radical (unpaired) electrons. The van der Waals surface area contributed by atoms with Crippen molar-refractivity contribution in [3.63, 3.8) is 0 Å². The topological polar surface area (TPSA) is 33.1 Å². The molecule has 1 heterocycles. The van der Waals surface area contributed by atoms with Gasteiger partial charge in [0.15, 0.2) is 0 Å². The number of nitrogens with zero attached hydrogens (tertiary/aromatic N) is 3. The number of aryl methyl sites for hydroxylation is 1. The summed E-state index contributed by atoms with van der Waals surface area (Å²) in [5.41, 5.74) is 1.30. The Bertz CT molecular complexity index is 343. The highest BCUT2D eigenvalue weighted by Crippen LogP contribution is 2.25. The average Bonchev–Trinajstić information content (AvgIpc) is 3.12. The molecule has 0 atom stereocenters. The van der Waals surface area contributed by atoms with Gasteiger partial charge in [-0.15, -0.1) is 0 Å². The summed E-state index contributed by atoms with van der Waals surface area (Å²) in [6.07, 6.45) is 5.84. The van der Waals surface area contributed by atoms with Crippen LogP contribution in [0.15, 0.2) is 12.3 Å². The van der Waals surface area contributed by atoms with Gasteiger partial charge in [-0.25, -0.2) is 0 Å². The van der Waals surface area contributed by atoms with E-state index in [2.05, 4.69) is 39.9 Å². The lowest BCUT2D eigenvalue weighted by Gasteiger charge is -2.19. The summed E-state index contributed by atoms with van der Waals surface area (Å²) in [5, 5.41) is 7.87. The zero-order valence-electron chi connectivity index (χ0n) is 11.7. The molecule has 1 N–H and O–H groups in total. The van der Waals surface area contributed by atoms with Crippen LogP contribution in [0.25, 0.3) is 0 Å². The molecule has 0 amide bonds. The summed E-state index contributed by atoms with van der Waals surface area (Å²) in [7, 11) is 0. The SMILES string of the molecule is CCCn1nccc1CNCCN(CC)C1CC1. The lowest BCUT2D eigenvalue weighted by atomic mass is 10.4. The van der Waals surface area contributed by atoms with Gasteiger partial charge in [0.25, 0.3) is 0 Å². The second kappa shape index (κ2) is 6.90. The molecule has 0 bridgehead atoms.